The summed E-state index contributed by atoms with van der Waals surface area (Å²) in [5.74, 6) is 0. The first kappa shape index (κ1) is 14.0. The Morgan fingerprint density at radius 1 is 1.44 bits per heavy atom. The van der Waals surface area contributed by atoms with Crippen LogP contribution in [0.15, 0.2) is 11.4 Å². The molecule has 0 radical (unpaired) electrons. The lowest BCUT2D eigenvalue weighted by atomic mass is 10.2. The minimum absolute atomic E-state index is 0.396. The molecule has 1 aliphatic rings. The summed E-state index contributed by atoms with van der Waals surface area (Å²) in [5.41, 5.74) is 1.23. The molecule has 0 spiro atoms. The summed E-state index contributed by atoms with van der Waals surface area (Å²) in [6, 6.07) is 2.05. The van der Waals surface area contributed by atoms with E-state index in [1.165, 1.54) is 9.87 Å². The maximum absolute atomic E-state index is 12.1. The molecule has 5 nitrogen and oxygen atoms in total. The molecule has 0 aromatic carbocycles. The van der Waals surface area contributed by atoms with E-state index in [1.54, 1.807) is 11.3 Å². The Balaban J connectivity index is 1.96. The van der Waals surface area contributed by atoms with Crippen molar-refractivity contribution in [2.24, 2.45) is 0 Å². The SMILES string of the molecule is CCc1ccsc1CNS(=O)(=O)N1CCNCC1. The molecule has 102 valence electrons. The lowest BCUT2D eigenvalue weighted by molar-refractivity contribution is 0.355. The second-order valence-corrected chi connectivity index (χ2v) is 6.95. The smallest absolute Gasteiger partial charge is 0.279 e. The van der Waals surface area contributed by atoms with Gasteiger partial charge in [-0.05, 0) is 23.4 Å². The quantitative estimate of drug-likeness (QED) is 0.832. The van der Waals surface area contributed by atoms with Gasteiger partial charge in [0, 0.05) is 37.6 Å². The summed E-state index contributed by atoms with van der Waals surface area (Å²) in [6.45, 7) is 5.00. The average molecular weight is 289 g/mol. The van der Waals surface area contributed by atoms with Crippen LogP contribution >= 0.6 is 11.3 Å². The van der Waals surface area contributed by atoms with E-state index in [4.69, 9.17) is 0 Å². The Labute approximate surface area is 112 Å². The second kappa shape index (κ2) is 6.12. The summed E-state index contributed by atoms with van der Waals surface area (Å²) in [6.07, 6.45) is 0.939. The molecular weight excluding hydrogens is 270 g/mol. The number of nitrogens with one attached hydrogen (secondary N) is 2. The van der Waals surface area contributed by atoms with Crippen LogP contribution in [0.4, 0.5) is 0 Å². The molecule has 0 amide bonds. The molecule has 0 atom stereocenters. The molecule has 2 rings (SSSR count). The van der Waals surface area contributed by atoms with Gasteiger partial charge in [0.15, 0.2) is 0 Å². The van der Waals surface area contributed by atoms with Crippen LogP contribution in [0, 0.1) is 0 Å². The van der Waals surface area contributed by atoms with Gasteiger partial charge in [-0.3, -0.25) is 0 Å². The van der Waals surface area contributed by atoms with Gasteiger partial charge in [0.05, 0.1) is 0 Å². The number of thiophene rings is 1. The van der Waals surface area contributed by atoms with Crippen molar-refractivity contribution in [2.45, 2.75) is 19.9 Å². The predicted octanol–water partition coefficient (Wildman–Crippen LogP) is 0.550. The molecule has 1 aliphatic heterocycles. The van der Waals surface area contributed by atoms with Gasteiger partial charge in [-0.15, -0.1) is 11.3 Å². The van der Waals surface area contributed by atoms with Gasteiger partial charge in [-0.1, -0.05) is 6.92 Å². The zero-order valence-electron chi connectivity index (χ0n) is 10.5. The standard InChI is InChI=1S/C11H19N3O2S2/c1-2-10-3-8-17-11(10)9-13-18(15,16)14-6-4-12-5-7-14/h3,8,12-13H,2,4-7,9H2,1H3. The molecule has 2 N–H and O–H groups in total. The van der Waals surface area contributed by atoms with Crippen LogP contribution in [-0.2, 0) is 23.2 Å². The Morgan fingerprint density at radius 3 is 2.83 bits per heavy atom. The fourth-order valence-electron chi connectivity index (χ4n) is 1.97. The van der Waals surface area contributed by atoms with Crippen molar-refractivity contribution in [2.75, 3.05) is 26.2 Å². The van der Waals surface area contributed by atoms with Gasteiger partial charge in [0.2, 0.25) is 0 Å². The van der Waals surface area contributed by atoms with E-state index in [0.29, 0.717) is 19.6 Å². The van der Waals surface area contributed by atoms with Crippen molar-refractivity contribution >= 4 is 21.5 Å². The van der Waals surface area contributed by atoms with E-state index in [0.717, 1.165) is 24.4 Å². The van der Waals surface area contributed by atoms with E-state index in [-0.39, 0.29) is 0 Å². The van der Waals surface area contributed by atoms with Gasteiger partial charge in [-0.2, -0.15) is 17.4 Å². The minimum Gasteiger partial charge on any atom is -0.314 e. The van der Waals surface area contributed by atoms with E-state index in [2.05, 4.69) is 23.0 Å². The molecule has 0 aliphatic carbocycles. The van der Waals surface area contributed by atoms with Gasteiger partial charge >= 0.3 is 0 Å². The molecule has 18 heavy (non-hydrogen) atoms. The first-order valence-corrected chi connectivity index (χ1v) is 8.46. The van der Waals surface area contributed by atoms with Crippen LogP contribution in [-0.4, -0.2) is 38.9 Å². The first-order chi connectivity index (χ1) is 8.63. The van der Waals surface area contributed by atoms with Gasteiger partial charge in [0.25, 0.3) is 10.2 Å². The average Bonchev–Trinajstić information content (AvgIpc) is 2.85. The van der Waals surface area contributed by atoms with Crippen LogP contribution in [0.5, 0.6) is 0 Å². The van der Waals surface area contributed by atoms with Crippen molar-refractivity contribution in [3.63, 3.8) is 0 Å². The van der Waals surface area contributed by atoms with E-state index < -0.39 is 10.2 Å². The molecule has 1 aromatic heterocycles. The maximum Gasteiger partial charge on any atom is 0.279 e. The summed E-state index contributed by atoms with van der Waals surface area (Å²) in [4.78, 5) is 1.11. The third kappa shape index (κ3) is 3.30. The van der Waals surface area contributed by atoms with Crippen molar-refractivity contribution in [3.05, 3.63) is 21.9 Å². The van der Waals surface area contributed by atoms with Gasteiger partial charge in [-0.25, -0.2) is 0 Å². The van der Waals surface area contributed by atoms with Crippen LogP contribution in [0.2, 0.25) is 0 Å². The third-order valence-electron chi connectivity index (χ3n) is 3.05. The van der Waals surface area contributed by atoms with Crippen molar-refractivity contribution in [1.82, 2.24) is 14.3 Å². The number of aryl methyl sites for hydroxylation is 1. The third-order valence-corrected chi connectivity index (χ3v) is 5.57. The Morgan fingerprint density at radius 2 is 2.17 bits per heavy atom. The van der Waals surface area contributed by atoms with Crippen LogP contribution in [0.1, 0.15) is 17.4 Å². The van der Waals surface area contributed by atoms with Gasteiger partial charge < -0.3 is 5.32 Å². The Hall–Kier alpha value is -0.470. The normalized spacial score (nSPS) is 18.1. The van der Waals surface area contributed by atoms with Crippen molar-refractivity contribution < 1.29 is 8.42 Å². The highest BCUT2D eigenvalue weighted by atomic mass is 32.2. The van der Waals surface area contributed by atoms with Crippen LogP contribution in [0.3, 0.4) is 0 Å². The molecular formula is C11H19N3O2S2. The number of hydrogen-bond acceptors (Lipinski definition) is 4. The summed E-state index contributed by atoms with van der Waals surface area (Å²) < 4.78 is 28.3. The topological polar surface area (TPSA) is 61.4 Å². The Bertz CT molecular complexity index is 478. The number of piperazine rings is 1. The monoisotopic (exact) mass is 289 g/mol. The molecule has 0 bridgehead atoms. The van der Waals surface area contributed by atoms with Crippen molar-refractivity contribution in [1.29, 1.82) is 0 Å². The van der Waals surface area contributed by atoms with E-state index >= 15 is 0 Å². The van der Waals surface area contributed by atoms with Crippen LogP contribution < -0.4 is 10.0 Å². The highest BCUT2D eigenvalue weighted by molar-refractivity contribution is 7.87. The minimum atomic E-state index is -3.33. The predicted molar refractivity (Wildman–Crippen MR) is 73.9 cm³/mol. The molecule has 2 heterocycles. The lowest BCUT2D eigenvalue weighted by Gasteiger charge is -2.26. The van der Waals surface area contributed by atoms with E-state index in [1.807, 2.05) is 5.38 Å². The zero-order valence-corrected chi connectivity index (χ0v) is 12.1. The lowest BCUT2D eigenvalue weighted by Crippen LogP contribution is -2.50. The van der Waals surface area contributed by atoms with Gasteiger partial charge in [0.1, 0.15) is 0 Å². The highest BCUT2D eigenvalue weighted by Crippen LogP contribution is 2.17. The highest BCUT2D eigenvalue weighted by Gasteiger charge is 2.23. The molecule has 1 saturated heterocycles. The molecule has 0 saturated carbocycles. The molecule has 1 fully saturated rings. The van der Waals surface area contributed by atoms with E-state index in [9.17, 15) is 8.42 Å². The summed E-state index contributed by atoms with van der Waals surface area (Å²) in [7, 11) is -3.33. The second-order valence-electron chi connectivity index (χ2n) is 4.20. The summed E-state index contributed by atoms with van der Waals surface area (Å²) in [5, 5.41) is 5.15. The fourth-order valence-corrected chi connectivity index (χ4v) is 4.15. The number of nitrogens with zero attached hydrogens (tertiary/aromatic N) is 1. The first-order valence-electron chi connectivity index (χ1n) is 6.14. The summed E-state index contributed by atoms with van der Waals surface area (Å²) >= 11 is 1.60. The zero-order chi connectivity index (χ0) is 13.0. The maximum atomic E-state index is 12.1. The van der Waals surface area contributed by atoms with Crippen LogP contribution in [0.25, 0.3) is 0 Å². The largest absolute Gasteiger partial charge is 0.314 e. The molecule has 1 aromatic rings. The fraction of sp³-hybridized carbons (Fsp3) is 0.636. The number of hydrogen-bond donors (Lipinski definition) is 2. The number of rotatable bonds is 5. The Kier molecular flexibility index (Phi) is 4.74. The molecule has 7 heteroatoms. The van der Waals surface area contributed by atoms with Crippen molar-refractivity contribution in [3.8, 4) is 0 Å². The molecule has 0 unspecified atom stereocenters.